The second kappa shape index (κ2) is 8.15. The van der Waals surface area contributed by atoms with Gasteiger partial charge in [0.15, 0.2) is 5.16 Å². The molecule has 8 heteroatoms. The maximum Gasteiger partial charge on any atom is 0.263 e. The summed E-state index contributed by atoms with van der Waals surface area (Å²) in [5, 5.41) is 1.63. The second-order valence-electron chi connectivity index (χ2n) is 8.70. The van der Waals surface area contributed by atoms with Crippen molar-refractivity contribution < 1.29 is 0 Å². The standard InChI is InChI=1S/C24H24N4O2S2/c29-20-13-15(25-19-11-5-6-12-27(19)20)14-31-24-26-22-21(17-9-3-4-10-18(17)32-22)23(30)28(24)16-7-1-2-8-16/h5-6,11-13,16H,1-4,7-10,14H2. The largest absolute Gasteiger partial charge is 0.284 e. The Morgan fingerprint density at radius 1 is 1.06 bits per heavy atom. The van der Waals surface area contributed by atoms with Crippen LogP contribution in [0.15, 0.2) is 45.2 Å². The van der Waals surface area contributed by atoms with Gasteiger partial charge in [-0.2, -0.15) is 0 Å². The van der Waals surface area contributed by atoms with Gasteiger partial charge in [-0.15, -0.1) is 11.3 Å². The number of thioether (sulfide) groups is 1. The molecule has 6 nitrogen and oxygen atoms in total. The summed E-state index contributed by atoms with van der Waals surface area (Å²) in [6, 6.07) is 7.34. The van der Waals surface area contributed by atoms with Gasteiger partial charge in [-0.25, -0.2) is 9.97 Å². The number of pyridine rings is 1. The van der Waals surface area contributed by atoms with Crippen LogP contribution in [-0.2, 0) is 18.6 Å². The molecule has 0 aromatic carbocycles. The molecule has 6 rings (SSSR count). The average Bonchev–Trinajstić information content (AvgIpc) is 3.45. The smallest absolute Gasteiger partial charge is 0.263 e. The fourth-order valence-corrected chi connectivity index (χ4v) is 7.36. The van der Waals surface area contributed by atoms with E-state index < -0.39 is 0 Å². The van der Waals surface area contributed by atoms with E-state index in [-0.39, 0.29) is 17.2 Å². The maximum absolute atomic E-state index is 13.8. The molecule has 4 aromatic heterocycles. The van der Waals surface area contributed by atoms with Crippen molar-refractivity contribution in [2.24, 2.45) is 0 Å². The summed E-state index contributed by atoms with van der Waals surface area (Å²) in [7, 11) is 0. The molecule has 164 valence electrons. The van der Waals surface area contributed by atoms with Gasteiger partial charge in [-0.05, 0) is 56.2 Å². The molecule has 0 bridgehead atoms. The number of hydrogen-bond acceptors (Lipinski definition) is 6. The topological polar surface area (TPSA) is 69.3 Å². The zero-order valence-electron chi connectivity index (χ0n) is 17.7. The molecule has 0 N–H and O–H groups in total. The lowest BCUT2D eigenvalue weighted by Crippen LogP contribution is -2.26. The predicted molar refractivity (Wildman–Crippen MR) is 129 cm³/mol. The number of aryl methyl sites for hydroxylation is 2. The highest BCUT2D eigenvalue weighted by atomic mass is 32.2. The summed E-state index contributed by atoms with van der Waals surface area (Å²) in [6.07, 6.45) is 10.5. The highest BCUT2D eigenvalue weighted by Crippen LogP contribution is 2.37. The Labute approximate surface area is 193 Å². The van der Waals surface area contributed by atoms with Crippen molar-refractivity contribution in [3.8, 4) is 0 Å². The van der Waals surface area contributed by atoms with Gasteiger partial charge in [-0.3, -0.25) is 18.6 Å². The van der Waals surface area contributed by atoms with E-state index in [9.17, 15) is 9.59 Å². The second-order valence-corrected chi connectivity index (χ2v) is 10.7. The van der Waals surface area contributed by atoms with E-state index in [2.05, 4.69) is 4.98 Å². The SMILES string of the molecule is O=c1c2c3c(sc2nc(SCc2cc(=O)n4ccccc4n2)n1C1CCCC1)CCCC3. The molecule has 1 saturated carbocycles. The highest BCUT2D eigenvalue weighted by Gasteiger charge is 2.27. The van der Waals surface area contributed by atoms with Crippen LogP contribution in [0, 0.1) is 0 Å². The lowest BCUT2D eigenvalue weighted by atomic mass is 9.97. The van der Waals surface area contributed by atoms with Gasteiger partial charge in [0.25, 0.3) is 11.1 Å². The van der Waals surface area contributed by atoms with E-state index in [1.54, 1.807) is 28.0 Å². The van der Waals surface area contributed by atoms with Crippen LogP contribution in [0.25, 0.3) is 15.9 Å². The Hall–Kier alpha value is -2.45. The van der Waals surface area contributed by atoms with Gasteiger partial charge < -0.3 is 0 Å². The summed E-state index contributed by atoms with van der Waals surface area (Å²) in [6.45, 7) is 0. The van der Waals surface area contributed by atoms with Crippen LogP contribution in [0.3, 0.4) is 0 Å². The maximum atomic E-state index is 13.8. The van der Waals surface area contributed by atoms with Crippen molar-refractivity contribution in [3.63, 3.8) is 0 Å². The van der Waals surface area contributed by atoms with Gasteiger partial charge in [0.1, 0.15) is 10.5 Å². The molecule has 0 spiro atoms. The minimum atomic E-state index is -0.0891. The number of hydrogen-bond donors (Lipinski definition) is 0. The Kier molecular flexibility index (Phi) is 5.14. The quantitative estimate of drug-likeness (QED) is 0.322. The van der Waals surface area contributed by atoms with Crippen LogP contribution < -0.4 is 11.1 Å². The Morgan fingerprint density at radius 3 is 2.78 bits per heavy atom. The number of thiophene rings is 1. The summed E-state index contributed by atoms with van der Waals surface area (Å²) in [4.78, 5) is 38.1. The predicted octanol–water partition coefficient (Wildman–Crippen LogP) is 4.75. The highest BCUT2D eigenvalue weighted by molar-refractivity contribution is 7.98. The molecule has 0 amide bonds. The van der Waals surface area contributed by atoms with E-state index in [1.165, 1.54) is 28.6 Å². The lowest BCUT2D eigenvalue weighted by molar-refractivity contribution is 0.457. The van der Waals surface area contributed by atoms with Gasteiger partial charge in [0, 0.05) is 28.9 Å². The molecule has 2 aliphatic rings. The molecule has 0 atom stereocenters. The summed E-state index contributed by atoms with van der Waals surface area (Å²) >= 11 is 3.23. The minimum absolute atomic E-state index is 0.0891. The van der Waals surface area contributed by atoms with Gasteiger partial charge >= 0.3 is 0 Å². The molecule has 0 saturated heterocycles. The van der Waals surface area contributed by atoms with Crippen LogP contribution in [-0.4, -0.2) is 18.9 Å². The number of nitrogens with zero attached hydrogens (tertiary/aromatic N) is 4. The van der Waals surface area contributed by atoms with Crippen LogP contribution in [0.2, 0.25) is 0 Å². The Morgan fingerprint density at radius 2 is 1.91 bits per heavy atom. The van der Waals surface area contributed by atoms with Gasteiger partial charge in [0.05, 0.1) is 11.1 Å². The number of rotatable bonds is 4. The molecule has 2 aliphatic carbocycles. The summed E-state index contributed by atoms with van der Waals surface area (Å²) in [5.41, 5.74) is 2.65. The third-order valence-corrected chi connectivity index (χ3v) is 8.82. The Balaban J connectivity index is 1.43. The molecule has 1 fully saturated rings. The molecular weight excluding hydrogens is 440 g/mol. The molecule has 0 unspecified atom stereocenters. The normalized spacial score (nSPS) is 16.8. The van der Waals surface area contributed by atoms with Crippen molar-refractivity contribution in [2.45, 2.75) is 68.3 Å². The fraction of sp³-hybridized carbons (Fsp3) is 0.417. The first kappa shape index (κ1) is 20.2. The molecule has 32 heavy (non-hydrogen) atoms. The third kappa shape index (κ3) is 3.40. The number of aromatic nitrogens is 4. The third-order valence-electron chi connectivity index (χ3n) is 6.65. The molecule has 0 aliphatic heterocycles. The van der Waals surface area contributed by atoms with Gasteiger partial charge in [0.2, 0.25) is 0 Å². The van der Waals surface area contributed by atoms with Crippen molar-refractivity contribution in [3.05, 3.63) is 67.3 Å². The average molecular weight is 465 g/mol. The monoisotopic (exact) mass is 464 g/mol. The summed E-state index contributed by atoms with van der Waals surface area (Å²) < 4.78 is 3.51. The van der Waals surface area contributed by atoms with Crippen molar-refractivity contribution >= 4 is 39.0 Å². The zero-order valence-corrected chi connectivity index (χ0v) is 19.4. The first-order chi connectivity index (χ1) is 15.7. The number of fused-ring (bicyclic) bond motifs is 4. The van der Waals surface area contributed by atoms with E-state index in [1.807, 2.05) is 22.8 Å². The minimum Gasteiger partial charge on any atom is -0.284 e. The lowest BCUT2D eigenvalue weighted by Gasteiger charge is -2.18. The first-order valence-corrected chi connectivity index (χ1v) is 13.2. The van der Waals surface area contributed by atoms with Crippen LogP contribution >= 0.6 is 23.1 Å². The van der Waals surface area contributed by atoms with Crippen molar-refractivity contribution in [1.82, 2.24) is 18.9 Å². The van der Waals surface area contributed by atoms with Crippen LogP contribution in [0.1, 0.15) is 60.7 Å². The van der Waals surface area contributed by atoms with E-state index in [4.69, 9.17) is 4.98 Å². The molecule has 4 heterocycles. The van der Waals surface area contributed by atoms with Crippen LogP contribution in [0.5, 0.6) is 0 Å². The molecular formula is C24H24N4O2S2. The van der Waals surface area contributed by atoms with E-state index in [0.717, 1.165) is 60.3 Å². The van der Waals surface area contributed by atoms with Crippen LogP contribution in [0.4, 0.5) is 0 Å². The Bertz CT molecular complexity index is 1450. The van der Waals surface area contributed by atoms with Crippen molar-refractivity contribution in [2.75, 3.05) is 0 Å². The van der Waals surface area contributed by atoms with Gasteiger partial charge in [-0.1, -0.05) is 30.7 Å². The first-order valence-electron chi connectivity index (χ1n) is 11.4. The molecule has 0 radical (unpaired) electrons. The summed E-state index contributed by atoms with van der Waals surface area (Å²) in [5.74, 6) is 0.510. The van der Waals surface area contributed by atoms with E-state index >= 15 is 0 Å². The molecule has 4 aromatic rings. The fourth-order valence-electron chi connectivity index (χ4n) is 5.10. The van der Waals surface area contributed by atoms with Crippen molar-refractivity contribution in [1.29, 1.82) is 0 Å². The zero-order chi connectivity index (χ0) is 21.7. The van der Waals surface area contributed by atoms with E-state index in [0.29, 0.717) is 17.1 Å².